The van der Waals surface area contributed by atoms with Gasteiger partial charge in [-0.15, -0.1) is 0 Å². The topological polar surface area (TPSA) is 110 Å². The fourth-order valence-electron chi connectivity index (χ4n) is 3.51. The zero-order valence-corrected chi connectivity index (χ0v) is 21.6. The molecule has 1 N–H and O–H groups in total. The third kappa shape index (κ3) is 6.69. The van der Waals surface area contributed by atoms with E-state index in [4.69, 9.17) is 11.6 Å². The molecule has 3 rings (SSSR count). The molecule has 0 spiro atoms. The van der Waals surface area contributed by atoms with Crippen molar-refractivity contribution in [1.82, 2.24) is 14.7 Å². The number of nitrogens with one attached hydrogen (secondary N) is 1. The molecule has 36 heavy (non-hydrogen) atoms. The predicted octanol–water partition coefficient (Wildman–Crippen LogP) is 5.61. The molecule has 1 heterocycles. The Labute approximate surface area is 215 Å². The summed E-state index contributed by atoms with van der Waals surface area (Å²) in [4.78, 5) is 38.3. The van der Waals surface area contributed by atoms with E-state index in [1.165, 1.54) is 29.2 Å². The lowest BCUT2D eigenvalue weighted by molar-refractivity contribution is -0.384. The minimum atomic E-state index is -0.551. The summed E-state index contributed by atoms with van der Waals surface area (Å²) in [6.07, 6.45) is 1.50. The molecule has 0 aliphatic rings. The van der Waals surface area contributed by atoms with Crippen LogP contribution in [0.5, 0.6) is 0 Å². The Morgan fingerprint density at radius 2 is 1.83 bits per heavy atom. The van der Waals surface area contributed by atoms with Crippen molar-refractivity contribution in [2.24, 2.45) is 0 Å². The maximum atomic E-state index is 13.2. The van der Waals surface area contributed by atoms with Gasteiger partial charge in [-0.2, -0.15) is 5.10 Å². The Bertz CT molecular complexity index is 1250. The molecule has 2 aromatic carbocycles. The third-order valence-electron chi connectivity index (χ3n) is 5.52. The maximum Gasteiger partial charge on any atom is 0.270 e. The molecule has 190 valence electrons. The van der Waals surface area contributed by atoms with Gasteiger partial charge in [-0.1, -0.05) is 51.8 Å². The standard InChI is InChI=1S/C26H30ClN5O4/c1-5-6-14-30(25(34)18-8-7-9-21(15-18)32(35)36)17-24(33)28-23-16-22(26(2,3)4)29-31(23)20-12-10-19(27)11-13-20/h7-13,15-16H,5-6,14,17H2,1-4H3,(H,28,33). The molecule has 0 aliphatic carbocycles. The molecular weight excluding hydrogens is 482 g/mol. The van der Waals surface area contributed by atoms with Gasteiger partial charge in [-0.05, 0) is 36.8 Å². The van der Waals surface area contributed by atoms with Crippen LogP contribution in [0.4, 0.5) is 11.5 Å². The van der Waals surface area contributed by atoms with E-state index in [9.17, 15) is 19.7 Å². The van der Waals surface area contributed by atoms with Crippen molar-refractivity contribution in [3.63, 3.8) is 0 Å². The first-order chi connectivity index (χ1) is 17.0. The lowest BCUT2D eigenvalue weighted by Gasteiger charge is -2.22. The number of carbonyl (C=O) groups is 2. The van der Waals surface area contributed by atoms with Gasteiger partial charge < -0.3 is 10.2 Å². The van der Waals surface area contributed by atoms with Crippen molar-refractivity contribution in [1.29, 1.82) is 0 Å². The van der Waals surface area contributed by atoms with Crippen molar-refractivity contribution in [2.75, 3.05) is 18.4 Å². The first kappa shape index (κ1) is 26.9. The number of hydrogen-bond donors (Lipinski definition) is 1. The summed E-state index contributed by atoms with van der Waals surface area (Å²) in [7, 11) is 0. The van der Waals surface area contributed by atoms with Crippen LogP contribution in [0.1, 0.15) is 56.6 Å². The van der Waals surface area contributed by atoms with Crippen LogP contribution in [0.15, 0.2) is 54.6 Å². The predicted molar refractivity (Wildman–Crippen MR) is 140 cm³/mol. The lowest BCUT2D eigenvalue weighted by atomic mass is 9.92. The average Bonchev–Trinajstić information content (AvgIpc) is 3.26. The van der Waals surface area contributed by atoms with Gasteiger partial charge in [0, 0.05) is 40.7 Å². The molecule has 9 nitrogen and oxygen atoms in total. The summed E-state index contributed by atoms with van der Waals surface area (Å²) in [5, 5.41) is 19.3. The van der Waals surface area contributed by atoms with Crippen LogP contribution in [0.25, 0.3) is 5.69 Å². The summed E-state index contributed by atoms with van der Waals surface area (Å²) in [6, 6.07) is 14.4. The minimum absolute atomic E-state index is 0.161. The molecule has 1 aromatic heterocycles. The van der Waals surface area contributed by atoms with Crippen LogP contribution < -0.4 is 5.32 Å². The zero-order valence-electron chi connectivity index (χ0n) is 20.8. The molecular formula is C26H30ClN5O4. The highest BCUT2D eigenvalue weighted by Crippen LogP contribution is 2.27. The maximum absolute atomic E-state index is 13.2. The Hall–Kier alpha value is -3.72. The molecule has 0 bridgehead atoms. The average molecular weight is 512 g/mol. The summed E-state index contributed by atoms with van der Waals surface area (Å²) in [5.74, 6) is -0.380. The number of amides is 2. The lowest BCUT2D eigenvalue weighted by Crippen LogP contribution is -2.39. The minimum Gasteiger partial charge on any atom is -0.329 e. The molecule has 0 unspecified atom stereocenters. The first-order valence-electron chi connectivity index (χ1n) is 11.7. The highest BCUT2D eigenvalue weighted by molar-refractivity contribution is 6.30. The number of rotatable bonds is 9. The number of unbranched alkanes of at least 4 members (excludes halogenated alkanes) is 1. The largest absolute Gasteiger partial charge is 0.329 e. The number of non-ortho nitro benzene ring substituents is 1. The molecule has 0 aliphatic heterocycles. The number of anilines is 1. The molecule has 2 amide bonds. The molecule has 10 heteroatoms. The van der Waals surface area contributed by atoms with Gasteiger partial charge in [-0.25, -0.2) is 4.68 Å². The number of hydrogen-bond acceptors (Lipinski definition) is 5. The van der Waals surface area contributed by atoms with Gasteiger partial charge in [0.1, 0.15) is 12.4 Å². The van der Waals surface area contributed by atoms with Crippen molar-refractivity contribution in [3.8, 4) is 5.69 Å². The van der Waals surface area contributed by atoms with Crippen molar-refractivity contribution in [3.05, 3.63) is 81.0 Å². The van der Waals surface area contributed by atoms with E-state index in [1.54, 1.807) is 28.9 Å². The van der Waals surface area contributed by atoms with E-state index in [1.807, 2.05) is 33.8 Å². The highest BCUT2D eigenvalue weighted by atomic mass is 35.5. The van der Waals surface area contributed by atoms with E-state index in [2.05, 4.69) is 10.4 Å². The SMILES string of the molecule is CCCCN(CC(=O)Nc1cc(C(C)(C)C)nn1-c1ccc(Cl)cc1)C(=O)c1cccc([N+](=O)[O-])c1. The molecule has 0 atom stereocenters. The van der Waals surface area contributed by atoms with Crippen LogP contribution in [-0.4, -0.2) is 44.5 Å². The second-order valence-electron chi connectivity index (χ2n) is 9.49. The van der Waals surface area contributed by atoms with Gasteiger partial charge in [-0.3, -0.25) is 19.7 Å². The van der Waals surface area contributed by atoms with Gasteiger partial charge in [0.15, 0.2) is 0 Å². The number of carbonyl (C=O) groups excluding carboxylic acids is 2. The second kappa shape index (κ2) is 11.3. The third-order valence-corrected chi connectivity index (χ3v) is 5.78. The van der Waals surface area contributed by atoms with Crippen LogP contribution >= 0.6 is 11.6 Å². The van der Waals surface area contributed by atoms with Gasteiger partial charge >= 0.3 is 0 Å². The van der Waals surface area contributed by atoms with Crippen LogP contribution in [0, 0.1) is 10.1 Å². The quantitative estimate of drug-likeness (QED) is 0.296. The molecule has 0 saturated heterocycles. The normalized spacial score (nSPS) is 11.2. The number of aromatic nitrogens is 2. The van der Waals surface area contributed by atoms with Crippen LogP contribution in [-0.2, 0) is 10.2 Å². The molecule has 0 saturated carbocycles. The number of halogens is 1. The molecule has 3 aromatic rings. The zero-order chi connectivity index (χ0) is 26.5. The highest BCUT2D eigenvalue weighted by Gasteiger charge is 2.24. The number of nitro benzene ring substituents is 1. The number of benzene rings is 2. The Balaban J connectivity index is 1.86. The fourth-order valence-corrected chi connectivity index (χ4v) is 3.63. The number of nitro groups is 1. The number of nitrogens with zero attached hydrogens (tertiary/aromatic N) is 4. The van der Waals surface area contributed by atoms with Crippen LogP contribution in [0.2, 0.25) is 5.02 Å². The summed E-state index contributed by atoms with van der Waals surface area (Å²) in [6.45, 7) is 8.19. The van der Waals surface area contributed by atoms with Gasteiger partial charge in [0.25, 0.3) is 11.6 Å². The first-order valence-corrected chi connectivity index (χ1v) is 12.1. The van der Waals surface area contributed by atoms with E-state index in [0.717, 1.165) is 17.8 Å². The summed E-state index contributed by atoms with van der Waals surface area (Å²) >= 11 is 6.03. The van der Waals surface area contributed by atoms with Crippen molar-refractivity contribution < 1.29 is 14.5 Å². The van der Waals surface area contributed by atoms with Crippen LogP contribution in [0.3, 0.4) is 0 Å². The molecule has 0 radical (unpaired) electrons. The van der Waals surface area contributed by atoms with Crippen molar-refractivity contribution in [2.45, 2.75) is 46.0 Å². The Kier molecular flexibility index (Phi) is 8.47. The fraction of sp³-hybridized carbons (Fsp3) is 0.346. The van der Waals surface area contributed by atoms with Gasteiger partial charge in [0.2, 0.25) is 5.91 Å². The van der Waals surface area contributed by atoms with E-state index in [0.29, 0.717) is 23.8 Å². The monoisotopic (exact) mass is 511 g/mol. The summed E-state index contributed by atoms with van der Waals surface area (Å²) < 4.78 is 1.63. The van der Waals surface area contributed by atoms with E-state index in [-0.39, 0.29) is 23.2 Å². The second-order valence-corrected chi connectivity index (χ2v) is 9.93. The van der Waals surface area contributed by atoms with Crippen molar-refractivity contribution >= 4 is 34.9 Å². The smallest absolute Gasteiger partial charge is 0.270 e. The molecule has 0 fully saturated rings. The Morgan fingerprint density at radius 3 is 2.44 bits per heavy atom. The van der Waals surface area contributed by atoms with E-state index < -0.39 is 16.7 Å². The Morgan fingerprint density at radius 1 is 1.14 bits per heavy atom. The van der Waals surface area contributed by atoms with Gasteiger partial charge in [0.05, 0.1) is 16.3 Å². The van der Waals surface area contributed by atoms with E-state index >= 15 is 0 Å². The summed E-state index contributed by atoms with van der Waals surface area (Å²) in [5.41, 5.74) is 1.23.